The molecule has 0 N–H and O–H groups in total. The van der Waals surface area contributed by atoms with Crippen LogP contribution in [0.3, 0.4) is 0 Å². The molecule has 0 aliphatic heterocycles. The molecular formula is C10H18O4. The molecule has 0 bridgehead atoms. The number of esters is 1. The van der Waals surface area contributed by atoms with Crippen molar-refractivity contribution in [1.29, 1.82) is 0 Å². The van der Waals surface area contributed by atoms with E-state index in [4.69, 9.17) is 4.74 Å². The first-order chi connectivity index (χ1) is 6.29. The van der Waals surface area contributed by atoms with Crippen LogP contribution in [0, 0.1) is 11.3 Å². The lowest BCUT2D eigenvalue weighted by Crippen LogP contribution is -2.32. The van der Waals surface area contributed by atoms with Crippen LogP contribution in [0.25, 0.3) is 0 Å². The first-order valence-corrected chi connectivity index (χ1v) is 4.59. The molecule has 0 fully saturated rings. The lowest BCUT2D eigenvalue weighted by Gasteiger charge is -2.23. The summed E-state index contributed by atoms with van der Waals surface area (Å²) < 4.78 is 9.67. The molecule has 4 heteroatoms. The Kier molecular flexibility index (Phi) is 4.60. The predicted octanol–water partition coefficient (Wildman–Crippen LogP) is 1.73. The SMILES string of the molecule is CC(C)C(OC=O)OC(=O)C(C)(C)C. The largest absolute Gasteiger partial charge is 0.427 e. The molecule has 1 atom stereocenters. The van der Waals surface area contributed by atoms with Gasteiger partial charge in [0.2, 0.25) is 6.29 Å². The van der Waals surface area contributed by atoms with Gasteiger partial charge in [-0.3, -0.25) is 9.59 Å². The van der Waals surface area contributed by atoms with Crippen molar-refractivity contribution in [2.45, 2.75) is 40.9 Å². The van der Waals surface area contributed by atoms with Gasteiger partial charge in [0.15, 0.2) is 0 Å². The number of carbonyl (C=O) groups excluding carboxylic acids is 2. The van der Waals surface area contributed by atoms with E-state index in [0.717, 1.165) is 0 Å². The van der Waals surface area contributed by atoms with E-state index in [2.05, 4.69) is 4.74 Å². The van der Waals surface area contributed by atoms with Gasteiger partial charge in [0, 0.05) is 5.92 Å². The summed E-state index contributed by atoms with van der Waals surface area (Å²) in [5.74, 6) is -0.426. The van der Waals surface area contributed by atoms with Gasteiger partial charge in [0.25, 0.3) is 6.47 Å². The zero-order valence-corrected chi connectivity index (χ0v) is 9.37. The number of hydrogen-bond acceptors (Lipinski definition) is 4. The summed E-state index contributed by atoms with van der Waals surface area (Å²) in [5.41, 5.74) is -0.584. The average molecular weight is 202 g/mol. The van der Waals surface area contributed by atoms with Crippen LogP contribution in [0.4, 0.5) is 0 Å². The van der Waals surface area contributed by atoms with Crippen molar-refractivity contribution < 1.29 is 19.1 Å². The molecule has 0 radical (unpaired) electrons. The number of hydrogen-bond donors (Lipinski definition) is 0. The van der Waals surface area contributed by atoms with Crippen LogP contribution in [0.1, 0.15) is 34.6 Å². The van der Waals surface area contributed by atoms with Crippen LogP contribution in [-0.4, -0.2) is 18.7 Å². The summed E-state index contributed by atoms with van der Waals surface area (Å²) >= 11 is 0. The summed E-state index contributed by atoms with van der Waals surface area (Å²) in [5, 5.41) is 0. The second kappa shape index (κ2) is 4.98. The van der Waals surface area contributed by atoms with Crippen LogP contribution in [-0.2, 0) is 19.1 Å². The zero-order valence-electron chi connectivity index (χ0n) is 9.37. The van der Waals surface area contributed by atoms with E-state index in [1.54, 1.807) is 20.8 Å². The quantitative estimate of drug-likeness (QED) is 0.396. The van der Waals surface area contributed by atoms with Crippen molar-refractivity contribution in [1.82, 2.24) is 0 Å². The van der Waals surface area contributed by atoms with E-state index in [0.29, 0.717) is 6.47 Å². The molecular weight excluding hydrogens is 184 g/mol. The Morgan fingerprint density at radius 2 is 1.79 bits per heavy atom. The molecule has 0 saturated carbocycles. The molecule has 0 heterocycles. The van der Waals surface area contributed by atoms with E-state index in [1.807, 2.05) is 13.8 Å². The molecule has 0 aromatic heterocycles. The first-order valence-electron chi connectivity index (χ1n) is 4.59. The topological polar surface area (TPSA) is 52.6 Å². The summed E-state index contributed by atoms with van der Waals surface area (Å²) in [6.45, 7) is 9.14. The van der Waals surface area contributed by atoms with Crippen molar-refractivity contribution in [3.63, 3.8) is 0 Å². The van der Waals surface area contributed by atoms with Gasteiger partial charge in [-0.05, 0) is 20.8 Å². The molecule has 0 spiro atoms. The van der Waals surface area contributed by atoms with Crippen LogP contribution in [0.2, 0.25) is 0 Å². The highest BCUT2D eigenvalue weighted by molar-refractivity contribution is 5.75. The molecule has 0 aliphatic carbocycles. The van der Waals surface area contributed by atoms with E-state index < -0.39 is 11.7 Å². The predicted molar refractivity (Wildman–Crippen MR) is 51.3 cm³/mol. The average Bonchev–Trinajstić information content (AvgIpc) is 2.01. The van der Waals surface area contributed by atoms with Crippen LogP contribution in [0.5, 0.6) is 0 Å². The summed E-state index contributed by atoms with van der Waals surface area (Å²) in [6.07, 6.45) is -0.792. The summed E-state index contributed by atoms with van der Waals surface area (Å²) in [7, 11) is 0. The molecule has 0 aromatic carbocycles. The Balaban J connectivity index is 4.30. The van der Waals surface area contributed by atoms with E-state index in [9.17, 15) is 9.59 Å². The van der Waals surface area contributed by atoms with Gasteiger partial charge >= 0.3 is 5.97 Å². The minimum atomic E-state index is -0.792. The van der Waals surface area contributed by atoms with Gasteiger partial charge in [-0.1, -0.05) is 13.8 Å². The Morgan fingerprint density at radius 3 is 2.07 bits per heavy atom. The van der Waals surface area contributed by atoms with Gasteiger partial charge in [-0.2, -0.15) is 0 Å². The van der Waals surface area contributed by atoms with Crippen molar-refractivity contribution in [2.24, 2.45) is 11.3 Å². The first kappa shape index (κ1) is 12.9. The van der Waals surface area contributed by atoms with Gasteiger partial charge in [0.05, 0.1) is 5.41 Å². The highest BCUT2D eigenvalue weighted by Gasteiger charge is 2.28. The summed E-state index contributed by atoms with van der Waals surface area (Å²) in [4.78, 5) is 21.6. The van der Waals surface area contributed by atoms with Crippen molar-refractivity contribution >= 4 is 12.4 Å². The van der Waals surface area contributed by atoms with Gasteiger partial charge in [-0.25, -0.2) is 0 Å². The standard InChI is InChI=1S/C10H18O4/c1-7(2)8(13-6-11)14-9(12)10(3,4)5/h6-8H,1-5H3. The Labute approximate surface area is 84.6 Å². The Bertz CT molecular complexity index is 203. The van der Waals surface area contributed by atoms with E-state index in [-0.39, 0.29) is 11.9 Å². The molecule has 0 aromatic rings. The smallest absolute Gasteiger partial charge is 0.314 e. The molecule has 82 valence electrons. The van der Waals surface area contributed by atoms with E-state index >= 15 is 0 Å². The third-order valence-corrected chi connectivity index (χ3v) is 1.57. The summed E-state index contributed by atoms with van der Waals surface area (Å²) in [6, 6.07) is 0. The fraction of sp³-hybridized carbons (Fsp3) is 0.800. The Hall–Kier alpha value is -1.06. The molecule has 0 aliphatic rings. The maximum Gasteiger partial charge on any atom is 0.314 e. The van der Waals surface area contributed by atoms with Crippen molar-refractivity contribution in [3.05, 3.63) is 0 Å². The van der Waals surface area contributed by atoms with E-state index in [1.165, 1.54) is 0 Å². The maximum absolute atomic E-state index is 11.4. The third kappa shape index (κ3) is 4.25. The second-order valence-corrected chi connectivity index (χ2v) is 4.50. The van der Waals surface area contributed by atoms with Crippen molar-refractivity contribution in [3.8, 4) is 0 Å². The fourth-order valence-electron chi connectivity index (χ4n) is 0.658. The lowest BCUT2D eigenvalue weighted by molar-refractivity contribution is -0.194. The molecule has 0 rings (SSSR count). The normalized spacial score (nSPS) is 13.6. The van der Waals surface area contributed by atoms with Gasteiger partial charge < -0.3 is 9.47 Å². The minimum Gasteiger partial charge on any atom is -0.427 e. The monoisotopic (exact) mass is 202 g/mol. The molecule has 0 saturated heterocycles. The van der Waals surface area contributed by atoms with Gasteiger partial charge in [0.1, 0.15) is 0 Å². The van der Waals surface area contributed by atoms with Crippen LogP contribution >= 0.6 is 0 Å². The number of rotatable bonds is 4. The Morgan fingerprint density at radius 1 is 1.29 bits per heavy atom. The molecule has 0 amide bonds. The van der Waals surface area contributed by atoms with Gasteiger partial charge in [-0.15, -0.1) is 0 Å². The molecule has 1 unspecified atom stereocenters. The number of carbonyl (C=O) groups is 2. The highest BCUT2D eigenvalue weighted by atomic mass is 16.7. The lowest BCUT2D eigenvalue weighted by atomic mass is 9.97. The third-order valence-electron chi connectivity index (χ3n) is 1.57. The number of ether oxygens (including phenoxy) is 2. The fourth-order valence-corrected chi connectivity index (χ4v) is 0.658. The maximum atomic E-state index is 11.4. The minimum absolute atomic E-state index is 0.0495. The molecule has 4 nitrogen and oxygen atoms in total. The zero-order chi connectivity index (χ0) is 11.4. The molecule has 14 heavy (non-hydrogen) atoms. The van der Waals surface area contributed by atoms with Crippen LogP contribution < -0.4 is 0 Å². The van der Waals surface area contributed by atoms with Crippen molar-refractivity contribution in [2.75, 3.05) is 0 Å². The highest BCUT2D eigenvalue weighted by Crippen LogP contribution is 2.18. The second-order valence-electron chi connectivity index (χ2n) is 4.50. The van der Waals surface area contributed by atoms with Crippen LogP contribution in [0.15, 0.2) is 0 Å².